The summed E-state index contributed by atoms with van der Waals surface area (Å²) in [6.45, 7) is 26.2. The first-order valence-electron chi connectivity index (χ1n) is 9.59. The smallest absolute Gasteiger partial charge is 0.130 e. The van der Waals surface area contributed by atoms with Gasteiger partial charge in [-0.3, -0.25) is 0 Å². The zero-order valence-electron chi connectivity index (χ0n) is 19.3. The summed E-state index contributed by atoms with van der Waals surface area (Å²) in [5.74, 6) is 0.787. The minimum absolute atomic E-state index is 0.00956. The lowest BCUT2D eigenvalue weighted by molar-refractivity contribution is 0.505. The molecule has 0 aliphatic rings. The standard InChI is InChI=1S/C22H39FO2P2/c1-19(2,3)26(20(4,5)6)24-17-13-16(23)14-18(15-17)25-27(21(7,8)9)22(10,11)12/h13-15H,1-12H3. The van der Waals surface area contributed by atoms with Crippen LogP contribution in [-0.2, 0) is 0 Å². The Kier molecular flexibility index (Phi) is 7.45. The van der Waals surface area contributed by atoms with Gasteiger partial charge in [0.2, 0.25) is 0 Å². The van der Waals surface area contributed by atoms with Crippen molar-refractivity contribution in [2.24, 2.45) is 0 Å². The maximum absolute atomic E-state index is 14.4. The molecule has 0 radical (unpaired) electrons. The van der Waals surface area contributed by atoms with Gasteiger partial charge >= 0.3 is 0 Å². The van der Waals surface area contributed by atoms with E-state index < -0.39 is 16.3 Å². The summed E-state index contributed by atoms with van der Waals surface area (Å²) in [4.78, 5) is 0. The van der Waals surface area contributed by atoms with Crippen LogP contribution in [0.4, 0.5) is 4.39 Å². The zero-order chi connectivity index (χ0) is 21.4. The summed E-state index contributed by atoms with van der Waals surface area (Å²) in [5, 5.41) is -0.0383. The van der Waals surface area contributed by atoms with Gasteiger partial charge in [0.05, 0.1) is 16.3 Å². The SMILES string of the molecule is CC(C)(C)P(Oc1cc(F)cc(OP(C(C)(C)C)C(C)(C)C)c1)C(C)(C)C. The van der Waals surface area contributed by atoms with Crippen LogP contribution in [0, 0.1) is 5.82 Å². The van der Waals surface area contributed by atoms with Crippen LogP contribution in [0.3, 0.4) is 0 Å². The van der Waals surface area contributed by atoms with Crippen molar-refractivity contribution in [2.75, 3.05) is 0 Å². The van der Waals surface area contributed by atoms with Gasteiger partial charge < -0.3 is 9.05 Å². The molecule has 0 aromatic heterocycles. The molecule has 0 fully saturated rings. The molecule has 0 atom stereocenters. The molecule has 156 valence electrons. The van der Waals surface area contributed by atoms with Gasteiger partial charge in [-0.05, 0) is 0 Å². The molecule has 1 aromatic carbocycles. The molecule has 0 aliphatic heterocycles. The Morgan fingerprint density at radius 1 is 0.556 bits per heavy atom. The van der Waals surface area contributed by atoms with Crippen LogP contribution >= 0.6 is 16.3 Å². The molecule has 2 nitrogen and oxygen atoms in total. The fraction of sp³-hybridized carbons (Fsp3) is 0.727. The summed E-state index contributed by atoms with van der Waals surface area (Å²) in [7, 11) is -1.65. The highest BCUT2D eigenvalue weighted by molar-refractivity contribution is 7.56. The van der Waals surface area contributed by atoms with Gasteiger partial charge in [-0.1, -0.05) is 83.1 Å². The van der Waals surface area contributed by atoms with E-state index in [1.165, 1.54) is 12.1 Å². The molecular weight excluding hydrogens is 377 g/mol. The van der Waals surface area contributed by atoms with Crippen LogP contribution in [0.1, 0.15) is 83.1 Å². The van der Waals surface area contributed by atoms with Crippen molar-refractivity contribution < 1.29 is 13.4 Å². The first-order chi connectivity index (χ1) is 11.8. The lowest BCUT2D eigenvalue weighted by Gasteiger charge is -2.40. The lowest BCUT2D eigenvalue weighted by atomic mass is 10.2. The molecule has 0 spiro atoms. The van der Waals surface area contributed by atoms with Gasteiger partial charge in [-0.15, -0.1) is 0 Å². The topological polar surface area (TPSA) is 18.5 Å². The molecule has 0 saturated carbocycles. The van der Waals surface area contributed by atoms with Gasteiger partial charge in [-0.25, -0.2) is 4.39 Å². The third kappa shape index (κ3) is 7.51. The van der Waals surface area contributed by atoms with Crippen LogP contribution in [0.5, 0.6) is 11.5 Å². The molecular formula is C22H39FO2P2. The van der Waals surface area contributed by atoms with Crippen molar-refractivity contribution in [3.05, 3.63) is 24.0 Å². The third-order valence-electron chi connectivity index (χ3n) is 3.68. The van der Waals surface area contributed by atoms with E-state index in [0.717, 1.165) is 0 Å². The number of rotatable bonds is 4. The molecule has 0 N–H and O–H groups in total. The van der Waals surface area contributed by atoms with Crippen molar-refractivity contribution in [1.82, 2.24) is 0 Å². The molecule has 0 aliphatic carbocycles. The summed E-state index contributed by atoms with van der Waals surface area (Å²) in [6.07, 6.45) is 0. The quantitative estimate of drug-likeness (QED) is 0.458. The number of hydrogen-bond acceptors (Lipinski definition) is 2. The van der Waals surface area contributed by atoms with Gasteiger partial charge in [0.1, 0.15) is 17.3 Å². The van der Waals surface area contributed by atoms with E-state index in [9.17, 15) is 4.39 Å². The second-order valence-corrected chi connectivity index (χ2v) is 18.0. The minimum Gasteiger partial charge on any atom is -0.473 e. The lowest BCUT2D eigenvalue weighted by Crippen LogP contribution is -2.28. The Balaban J connectivity index is 3.24. The fourth-order valence-electron chi connectivity index (χ4n) is 3.41. The first kappa shape index (κ1) is 24.6. The second-order valence-electron chi connectivity index (χ2n) is 11.1. The van der Waals surface area contributed by atoms with Gasteiger partial charge in [-0.2, -0.15) is 0 Å². The highest BCUT2D eigenvalue weighted by atomic mass is 31.1. The Morgan fingerprint density at radius 3 is 1.04 bits per heavy atom. The predicted molar refractivity (Wildman–Crippen MR) is 121 cm³/mol. The molecule has 0 saturated heterocycles. The van der Waals surface area contributed by atoms with E-state index in [1.54, 1.807) is 0 Å². The molecule has 27 heavy (non-hydrogen) atoms. The molecule has 5 heteroatoms. The maximum atomic E-state index is 14.4. The predicted octanol–water partition coefficient (Wildman–Crippen LogP) is 8.57. The second kappa shape index (κ2) is 8.16. The van der Waals surface area contributed by atoms with Crippen molar-refractivity contribution in [2.45, 2.75) is 104 Å². The van der Waals surface area contributed by atoms with E-state index in [1.807, 2.05) is 6.07 Å². The van der Waals surface area contributed by atoms with Crippen molar-refractivity contribution in [3.8, 4) is 11.5 Å². The normalized spacial score (nSPS) is 14.0. The van der Waals surface area contributed by atoms with Crippen LogP contribution in [0.25, 0.3) is 0 Å². The van der Waals surface area contributed by atoms with E-state index in [-0.39, 0.29) is 26.4 Å². The van der Waals surface area contributed by atoms with Gasteiger partial charge in [0.25, 0.3) is 0 Å². The van der Waals surface area contributed by atoms with Gasteiger partial charge in [0, 0.05) is 38.8 Å². The summed E-state index contributed by atoms with van der Waals surface area (Å²) in [5.41, 5.74) is 0. The average molecular weight is 416 g/mol. The Hall–Kier alpha value is -0.390. The number of hydrogen-bond donors (Lipinski definition) is 0. The maximum Gasteiger partial charge on any atom is 0.130 e. The van der Waals surface area contributed by atoms with Crippen LogP contribution in [0.15, 0.2) is 18.2 Å². The number of benzene rings is 1. The molecule has 1 rings (SSSR count). The fourth-order valence-corrected chi connectivity index (χ4v) is 9.17. The average Bonchev–Trinajstić information content (AvgIpc) is 2.36. The minimum atomic E-state index is -0.826. The molecule has 0 amide bonds. The Labute approximate surface area is 169 Å². The Bertz CT molecular complexity index is 551. The van der Waals surface area contributed by atoms with E-state index in [0.29, 0.717) is 11.5 Å². The van der Waals surface area contributed by atoms with Gasteiger partial charge in [0.15, 0.2) is 0 Å². The first-order valence-corrected chi connectivity index (χ1v) is 12.1. The number of halogens is 1. The highest BCUT2D eigenvalue weighted by Gasteiger charge is 2.39. The zero-order valence-corrected chi connectivity index (χ0v) is 21.1. The van der Waals surface area contributed by atoms with Crippen LogP contribution in [-0.4, -0.2) is 20.6 Å². The van der Waals surface area contributed by atoms with Crippen molar-refractivity contribution in [1.29, 1.82) is 0 Å². The summed E-state index contributed by atoms with van der Waals surface area (Å²) >= 11 is 0. The highest BCUT2D eigenvalue weighted by Crippen LogP contribution is 2.61. The molecule has 0 unspecified atom stereocenters. The molecule has 1 aromatic rings. The largest absolute Gasteiger partial charge is 0.473 e. The Morgan fingerprint density at radius 2 is 0.815 bits per heavy atom. The third-order valence-corrected chi connectivity index (χ3v) is 9.34. The van der Waals surface area contributed by atoms with E-state index in [2.05, 4.69) is 83.1 Å². The van der Waals surface area contributed by atoms with Crippen molar-refractivity contribution in [3.63, 3.8) is 0 Å². The van der Waals surface area contributed by atoms with Crippen LogP contribution in [0.2, 0.25) is 0 Å². The van der Waals surface area contributed by atoms with E-state index >= 15 is 0 Å². The van der Waals surface area contributed by atoms with Crippen molar-refractivity contribution >= 4 is 16.3 Å². The molecule has 0 heterocycles. The van der Waals surface area contributed by atoms with Crippen LogP contribution < -0.4 is 9.05 Å². The monoisotopic (exact) mass is 416 g/mol. The molecule has 0 bridgehead atoms. The van der Waals surface area contributed by atoms with E-state index in [4.69, 9.17) is 9.05 Å². The summed E-state index contributed by atoms with van der Waals surface area (Å²) in [6, 6.07) is 4.79. The summed E-state index contributed by atoms with van der Waals surface area (Å²) < 4.78 is 27.1.